The Kier molecular flexibility index (Phi) is 6.07. The molecule has 0 atom stereocenters. The molecule has 1 amide bonds. The zero-order chi connectivity index (χ0) is 20.1. The molecule has 29 heavy (non-hydrogen) atoms. The molecule has 152 valence electrons. The zero-order valence-corrected chi connectivity index (χ0v) is 16.6. The quantitative estimate of drug-likeness (QED) is 0.667. The molecule has 0 unspecified atom stereocenters. The molecule has 2 heterocycles. The van der Waals surface area contributed by atoms with Crippen LogP contribution in [0.25, 0.3) is 10.8 Å². The van der Waals surface area contributed by atoms with Crippen LogP contribution >= 0.6 is 0 Å². The van der Waals surface area contributed by atoms with Crippen LogP contribution in [0.15, 0.2) is 48.8 Å². The third-order valence-electron chi connectivity index (χ3n) is 5.06. The third kappa shape index (κ3) is 4.58. The number of nitrogens with one attached hydrogen (secondary N) is 1. The van der Waals surface area contributed by atoms with E-state index in [1.54, 1.807) is 6.20 Å². The van der Waals surface area contributed by atoms with Crippen molar-refractivity contribution >= 4 is 22.4 Å². The Hall–Kier alpha value is -2.90. The highest BCUT2D eigenvalue weighted by Gasteiger charge is 2.17. The topological polar surface area (TPSA) is 68.6 Å². The Morgan fingerprint density at radius 2 is 2.00 bits per heavy atom. The zero-order valence-electron chi connectivity index (χ0n) is 16.6. The second-order valence-corrected chi connectivity index (χ2v) is 6.99. The summed E-state index contributed by atoms with van der Waals surface area (Å²) in [5.74, 6) is 0.390. The van der Waals surface area contributed by atoms with Crippen molar-refractivity contribution < 1.29 is 14.3 Å². The minimum atomic E-state index is -0.196. The number of amides is 1. The molecule has 7 heteroatoms. The summed E-state index contributed by atoms with van der Waals surface area (Å²) < 4.78 is 13.0. The molecule has 3 aromatic rings. The summed E-state index contributed by atoms with van der Waals surface area (Å²) in [6.45, 7) is 7.57. The van der Waals surface area contributed by atoms with E-state index in [0.29, 0.717) is 23.6 Å². The molecule has 1 N–H and O–H groups in total. The SMILES string of the molecule is CCOc1ccc2ccccc2c1C(=O)Nc1cnn(CCN2CCOCC2)c1. The number of anilines is 1. The standard InChI is InChI=1S/C22H26N4O3/c1-2-29-20-8-7-17-5-3-4-6-19(17)21(20)22(27)24-18-15-23-26(16-18)10-9-25-11-13-28-14-12-25/h3-8,15-16H,2,9-14H2,1H3,(H,24,27). The number of aromatic nitrogens is 2. The van der Waals surface area contributed by atoms with Crippen molar-refractivity contribution in [2.24, 2.45) is 0 Å². The summed E-state index contributed by atoms with van der Waals surface area (Å²) in [6.07, 6.45) is 3.55. The van der Waals surface area contributed by atoms with Crippen molar-refractivity contribution in [1.29, 1.82) is 0 Å². The molecule has 0 spiro atoms. The second-order valence-electron chi connectivity index (χ2n) is 6.99. The van der Waals surface area contributed by atoms with E-state index >= 15 is 0 Å². The van der Waals surface area contributed by atoms with Crippen molar-refractivity contribution in [3.63, 3.8) is 0 Å². The van der Waals surface area contributed by atoms with Gasteiger partial charge in [0.2, 0.25) is 0 Å². The predicted molar refractivity (Wildman–Crippen MR) is 113 cm³/mol. The molecule has 4 rings (SSSR count). The monoisotopic (exact) mass is 394 g/mol. The van der Waals surface area contributed by atoms with Gasteiger partial charge in [0, 0.05) is 25.8 Å². The molecular formula is C22H26N4O3. The molecule has 0 bridgehead atoms. The van der Waals surface area contributed by atoms with Crippen LogP contribution in [0.3, 0.4) is 0 Å². The number of nitrogens with zero attached hydrogens (tertiary/aromatic N) is 3. The number of hydrogen-bond acceptors (Lipinski definition) is 5. The molecule has 0 saturated carbocycles. The van der Waals surface area contributed by atoms with E-state index in [9.17, 15) is 4.79 Å². The summed E-state index contributed by atoms with van der Waals surface area (Å²) in [7, 11) is 0. The molecule has 1 aliphatic heterocycles. The summed E-state index contributed by atoms with van der Waals surface area (Å²) in [4.78, 5) is 15.4. The van der Waals surface area contributed by atoms with E-state index in [1.165, 1.54) is 0 Å². The first-order chi connectivity index (χ1) is 14.2. The molecule has 0 radical (unpaired) electrons. The Bertz CT molecular complexity index is 979. The number of benzene rings is 2. The second kappa shape index (κ2) is 9.07. The first kappa shape index (κ1) is 19.4. The average molecular weight is 394 g/mol. The van der Waals surface area contributed by atoms with Crippen molar-refractivity contribution in [1.82, 2.24) is 14.7 Å². The Balaban J connectivity index is 1.48. The summed E-state index contributed by atoms with van der Waals surface area (Å²) in [6, 6.07) is 11.7. The van der Waals surface area contributed by atoms with Gasteiger partial charge < -0.3 is 14.8 Å². The lowest BCUT2D eigenvalue weighted by Gasteiger charge is -2.26. The van der Waals surface area contributed by atoms with Crippen molar-refractivity contribution in [2.45, 2.75) is 13.5 Å². The summed E-state index contributed by atoms with van der Waals surface area (Å²) in [5.41, 5.74) is 1.22. The van der Waals surface area contributed by atoms with Gasteiger partial charge in [0.25, 0.3) is 5.91 Å². The molecule has 1 aliphatic rings. The first-order valence-corrected chi connectivity index (χ1v) is 10.0. The Labute approximate surface area is 170 Å². The number of carbonyl (C=O) groups is 1. The van der Waals surface area contributed by atoms with E-state index in [2.05, 4.69) is 15.3 Å². The van der Waals surface area contributed by atoms with Gasteiger partial charge in [0.05, 0.1) is 43.8 Å². The molecule has 1 saturated heterocycles. The highest BCUT2D eigenvalue weighted by Crippen LogP contribution is 2.29. The smallest absolute Gasteiger partial charge is 0.260 e. The van der Waals surface area contributed by atoms with Gasteiger partial charge >= 0.3 is 0 Å². The molecular weight excluding hydrogens is 368 g/mol. The van der Waals surface area contributed by atoms with Gasteiger partial charge in [-0.15, -0.1) is 0 Å². The van der Waals surface area contributed by atoms with Crippen molar-refractivity contribution in [2.75, 3.05) is 44.8 Å². The number of fused-ring (bicyclic) bond motifs is 1. The van der Waals surface area contributed by atoms with Gasteiger partial charge in [-0.05, 0) is 23.8 Å². The lowest BCUT2D eigenvalue weighted by molar-refractivity contribution is 0.0360. The van der Waals surface area contributed by atoms with Crippen LogP contribution in [-0.4, -0.2) is 60.0 Å². The van der Waals surface area contributed by atoms with Gasteiger partial charge in [-0.25, -0.2) is 0 Å². The van der Waals surface area contributed by atoms with Crippen LogP contribution in [0.5, 0.6) is 5.75 Å². The van der Waals surface area contributed by atoms with Gasteiger partial charge in [-0.1, -0.05) is 30.3 Å². The maximum absolute atomic E-state index is 13.1. The highest BCUT2D eigenvalue weighted by molar-refractivity contribution is 6.14. The number of hydrogen-bond donors (Lipinski definition) is 1. The van der Waals surface area contributed by atoms with Crippen LogP contribution in [0.1, 0.15) is 17.3 Å². The molecule has 1 fully saturated rings. The van der Waals surface area contributed by atoms with Crippen molar-refractivity contribution in [3.05, 3.63) is 54.4 Å². The third-order valence-corrected chi connectivity index (χ3v) is 5.06. The molecule has 2 aromatic carbocycles. The number of ether oxygens (including phenoxy) is 2. The fourth-order valence-electron chi connectivity index (χ4n) is 3.57. The first-order valence-electron chi connectivity index (χ1n) is 10.0. The number of rotatable bonds is 7. The molecule has 7 nitrogen and oxygen atoms in total. The maximum atomic E-state index is 13.1. The maximum Gasteiger partial charge on any atom is 0.260 e. The van der Waals surface area contributed by atoms with Crippen LogP contribution in [-0.2, 0) is 11.3 Å². The normalized spacial score (nSPS) is 14.8. The van der Waals surface area contributed by atoms with Gasteiger partial charge in [0.15, 0.2) is 0 Å². The fraction of sp³-hybridized carbons (Fsp3) is 0.364. The van der Waals surface area contributed by atoms with Gasteiger partial charge in [-0.2, -0.15) is 5.10 Å². The molecule has 1 aromatic heterocycles. The minimum absolute atomic E-state index is 0.196. The molecule has 0 aliphatic carbocycles. The largest absolute Gasteiger partial charge is 0.493 e. The van der Waals surface area contributed by atoms with E-state index < -0.39 is 0 Å². The van der Waals surface area contributed by atoms with Crippen molar-refractivity contribution in [3.8, 4) is 5.75 Å². The van der Waals surface area contributed by atoms with E-state index in [1.807, 2.05) is 54.2 Å². The highest BCUT2D eigenvalue weighted by atomic mass is 16.5. The summed E-state index contributed by atoms with van der Waals surface area (Å²) >= 11 is 0. The van der Waals surface area contributed by atoms with Crippen LogP contribution < -0.4 is 10.1 Å². The average Bonchev–Trinajstić information content (AvgIpc) is 3.20. The van der Waals surface area contributed by atoms with Gasteiger partial charge in [-0.3, -0.25) is 14.4 Å². The van der Waals surface area contributed by atoms with E-state index in [4.69, 9.17) is 9.47 Å². The van der Waals surface area contributed by atoms with E-state index in [-0.39, 0.29) is 5.91 Å². The van der Waals surface area contributed by atoms with Gasteiger partial charge in [0.1, 0.15) is 5.75 Å². The fourth-order valence-corrected chi connectivity index (χ4v) is 3.57. The lowest BCUT2D eigenvalue weighted by atomic mass is 10.0. The number of carbonyl (C=O) groups excluding carboxylic acids is 1. The minimum Gasteiger partial charge on any atom is -0.493 e. The predicted octanol–water partition coefficient (Wildman–Crippen LogP) is 3.02. The van der Waals surface area contributed by atoms with Crippen LogP contribution in [0.4, 0.5) is 5.69 Å². The van der Waals surface area contributed by atoms with E-state index in [0.717, 1.165) is 50.2 Å². The lowest BCUT2D eigenvalue weighted by Crippen LogP contribution is -2.38. The Morgan fingerprint density at radius 3 is 2.83 bits per heavy atom. The Morgan fingerprint density at radius 1 is 1.17 bits per heavy atom. The summed E-state index contributed by atoms with van der Waals surface area (Å²) in [5, 5.41) is 9.23. The number of morpholine rings is 1. The van der Waals surface area contributed by atoms with Crippen LogP contribution in [0.2, 0.25) is 0 Å². The van der Waals surface area contributed by atoms with Crippen LogP contribution in [0, 0.1) is 0 Å².